The number of aromatic hydroxyl groups is 1. The first-order valence-corrected chi connectivity index (χ1v) is 5.45. The fourth-order valence-corrected chi connectivity index (χ4v) is 1.47. The quantitative estimate of drug-likeness (QED) is 0.573. The molecule has 0 spiro atoms. The number of nitrogens with zero attached hydrogens (tertiary/aromatic N) is 1. The molecule has 0 saturated heterocycles. The molecule has 6 heteroatoms. The van der Waals surface area contributed by atoms with Crippen molar-refractivity contribution < 1.29 is 9.90 Å². The average Bonchev–Trinajstić information content (AvgIpc) is 2.33. The molecule has 1 amide bonds. The van der Waals surface area contributed by atoms with E-state index >= 15 is 0 Å². The molecule has 1 aromatic heterocycles. The Hall–Kier alpha value is -2.27. The highest BCUT2D eigenvalue weighted by Gasteiger charge is 2.09. The summed E-state index contributed by atoms with van der Waals surface area (Å²) < 4.78 is 0. The van der Waals surface area contributed by atoms with E-state index in [1.54, 1.807) is 6.07 Å². The summed E-state index contributed by atoms with van der Waals surface area (Å²) in [6.07, 6.45) is 1.39. The number of carbonyl (C=O) groups excluding carboxylic acids is 1. The van der Waals surface area contributed by atoms with Crippen molar-refractivity contribution in [3.8, 4) is 5.75 Å². The number of halogens is 1. The first-order chi connectivity index (χ1) is 8.56. The molecule has 0 aliphatic rings. The molecule has 0 fully saturated rings. The van der Waals surface area contributed by atoms with Crippen LogP contribution in [0.3, 0.4) is 0 Å². The van der Waals surface area contributed by atoms with Crippen LogP contribution in [0, 0.1) is 0 Å². The van der Waals surface area contributed by atoms with Gasteiger partial charge in [-0.1, -0.05) is 11.6 Å². The fraction of sp³-hybridized carbons (Fsp3) is 0. The molecule has 1 aromatic carbocycles. The molecule has 0 aliphatic carbocycles. The number of pyridine rings is 1. The SMILES string of the molecule is Nc1cc(O)ccc1NC(=O)c1ccc(Cl)cn1. The molecule has 2 aromatic rings. The van der Waals surface area contributed by atoms with Gasteiger partial charge in [0.2, 0.25) is 0 Å². The summed E-state index contributed by atoms with van der Waals surface area (Å²) in [5, 5.41) is 12.2. The molecule has 18 heavy (non-hydrogen) atoms. The van der Waals surface area contributed by atoms with Crippen LogP contribution in [-0.4, -0.2) is 16.0 Å². The van der Waals surface area contributed by atoms with Crippen LogP contribution in [0.1, 0.15) is 10.5 Å². The van der Waals surface area contributed by atoms with Crippen molar-refractivity contribution in [1.82, 2.24) is 4.98 Å². The Bertz CT molecular complexity index is 584. The summed E-state index contributed by atoms with van der Waals surface area (Å²) >= 11 is 5.68. The molecule has 0 bridgehead atoms. The third-order valence-electron chi connectivity index (χ3n) is 2.24. The smallest absolute Gasteiger partial charge is 0.274 e. The highest BCUT2D eigenvalue weighted by molar-refractivity contribution is 6.30. The molecule has 0 unspecified atom stereocenters. The van der Waals surface area contributed by atoms with Crippen LogP contribution in [-0.2, 0) is 0 Å². The molecule has 1 heterocycles. The van der Waals surface area contributed by atoms with Gasteiger partial charge in [0.25, 0.3) is 5.91 Å². The van der Waals surface area contributed by atoms with Crippen molar-refractivity contribution in [2.24, 2.45) is 0 Å². The molecule has 92 valence electrons. The van der Waals surface area contributed by atoms with Gasteiger partial charge in [-0.2, -0.15) is 0 Å². The van der Waals surface area contributed by atoms with Crippen LogP contribution in [0.5, 0.6) is 5.75 Å². The molecule has 2 rings (SSSR count). The maximum absolute atomic E-state index is 11.8. The maximum Gasteiger partial charge on any atom is 0.274 e. The lowest BCUT2D eigenvalue weighted by Crippen LogP contribution is -2.14. The summed E-state index contributed by atoms with van der Waals surface area (Å²) in [6, 6.07) is 7.38. The third-order valence-corrected chi connectivity index (χ3v) is 2.47. The van der Waals surface area contributed by atoms with E-state index in [4.69, 9.17) is 17.3 Å². The molecule has 5 nitrogen and oxygen atoms in total. The Morgan fingerprint density at radius 3 is 2.72 bits per heavy atom. The van der Waals surface area contributed by atoms with Gasteiger partial charge in [-0.3, -0.25) is 4.79 Å². The number of phenolic OH excluding ortho intramolecular Hbond substituents is 1. The van der Waals surface area contributed by atoms with Crippen LogP contribution in [0.25, 0.3) is 0 Å². The van der Waals surface area contributed by atoms with Crippen LogP contribution in [0.4, 0.5) is 11.4 Å². The van der Waals surface area contributed by atoms with Crippen molar-refractivity contribution >= 4 is 28.9 Å². The second-order valence-electron chi connectivity index (χ2n) is 3.59. The number of benzene rings is 1. The lowest BCUT2D eigenvalue weighted by Gasteiger charge is -2.07. The number of hydrogen-bond donors (Lipinski definition) is 3. The van der Waals surface area contributed by atoms with E-state index in [1.807, 2.05) is 0 Å². The van der Waals surface area contributed by atoms with Gasteiger partial charge in [0.05, 0.1) is 16.4 Å². The zero-order chi connectivity index (χ0) is 13.1. The number of aromatic nitrogens is 1. The fourth-order valence-electron chi connectivity index (χ4n) is 1.36. The Balaban J connectivity index is 2.18. The molecule has 0 atom stereocenters. The normalized spacial score (nSPS) is 10.1. The molecule has 0 saturated carbocycles. The maximum atomic E-state index is 11.8. The lowest BCUT2D eigenvalue weighted by molar-refractivity contribution is 0.102. The van der Waals surface area contributed by atoms with E-state index in [0.717, 1.165) is 0 Å². The number of rotatable bonds is 2. The number of phenols is 1. The molecular weight excluding hydrogens is 254 g/mol. The predicted octanol–water partition coefficient (Wildman–Crippen LogP) is 2.28. The van der Waals surface area contributed by atoms with Gasteiger partial charge < -0.3 is 16.2 Å². The Kier molecular flexibility index (Phi) is 3.34. The first-order valence-electron chi connectivity index (χ1n) is 5.07. The molecule has 0 aliphatic heterocycles. The summed E-state index contributed by atoms with van der Waals surface area (Å²) in [7, 11) is 0. The minimum absolute atomic E-state index is 0.0371. The Morgan fingerprint density at radius 1 is 1.33 bits per heavy atom. The molecule has 4 N–H and O–H groups in total. The number of nitrogen functional groups attached to an aromatic ring is 1. The minimum atomic E-state index is -0.399. The Labute approximate surface area is 108 Å². The highest BCUT2D eigenvalue weighted by atomic mass is 35.5. The van der Waals surface area contributed by atoms with E-state index in [9.17, 15) is 9.90 Å². The van der Waals surface area contributed by atoms with E-state index in [1.165, 1.54) is 30.5 Å². The number of nitrogens with two attached hydrogens (primary N) is 1. The van der Waals surface area contributed by atoms with Gasteiger partial charge >= 0.3 is 0 Å². The summed E-state index contributed by atoms with van der Waals surface area (Å²) in [5.41, 5.74) is 6.57. The van der Waals surface area contributed by atoms with Crippen molar-refractivity contribution in [3.05, 3.63) is 47.2 Å². The standard InChI is InChI=1S/C12H10ClN3O2/c13-7-1-3-11(15-6-7)12(18)16-10-4-2-8(17)5-9(10)14/h1-6,17H,14H2,(H,16,18). The van der Waals surface area contributed by atoms with E-state index in [0.29, 0.717) is 10.7 Å². The number of carbonyl (C=O) groups is 1. The van der Waals surface area contributed by atoms with Gasteiger partial charge in [0.15, 0.2) is 0 Å². The zero-order valence-corrected chi connectivity index (χ0v) is 9.98. The average molecular weight is 264 g/mol. The number of hydrogen-bond acceptors (Lipinski definition) is 4. The summed E-state index contributed by atoms with van der Waals surface area (Å²) in [5.74, 6) is -0.362. The van der Waals surface area contributed by atoms with Gasteiger partial charge in [-0.15, -0.1) is 0 Å². The van der Waals surface area contributed by atoms with Crippen LogP contribution < -0.4 is 11.1 Å². The van der Waals surface area contributed by atoms with Gasteiger partial charge in [0.1, 0.15) is 11.4 Å². The van der Waals surface area contributed by atoms with Crippen molar-refractivity contribution in [1.29, 1.82) is 0 Å². The topological polar surface area (TPSA) is 88.2 Å². The van der Waals surface area contributed by atoms with Gasteiger partial charge in [-0.25, -0.2) is 4.98 Å². The number of anilines is 2. The monoisotopic (exact) mass is 263 g/mol. The molecular formula is C12H10ClN3O2. The summed E-state index contributed by atoms with van der Waals surface area (Å²) in [6.45, 7) is 0. The van der Waals surface area contributed by atoms with Crippen LogP contribution in [0.15, 0.2) is 36.5 Å². The van der Waals surface area contributed by atoms with Crippen molar-refractivity contribution in [2.45, 2.75) is 0 Å². The number of nitrogens with one attached hydrogen (secondary N) is 1. The Morgan fingerprint density at radius 2 is 2.11 bits per heavy atom. The van der Waals surface area contributed by atoms with Gasteiger partial charge in [0, 0.05) is 12.3 Å². The van der Waals surface area contributed by atoms with Crippen LogP contribution >= 0.6 is 11.6 Å². The third kappa shape index (κ3) is 2.70. The van der Waals surface area contributed by atoms with E-state index < -0.39 is 5.91 Å². The van der Waals surface area contributed by atoms with Crippen LogP contribution in [0.2, 0.25) is 5.02 Å². The van der Waals surface area contributed by atoms with E-state index in [2.05, 4.69) is 10.3 Å². The van der Waals surface area contributed by atoms with E-state index in [-0.39, 0.29) is 17.1 Å². The largest absolute Gasteiger partial charge is 0.508 e. The van der Waals surface area contributed by atoms with Crippen molar-refractivity contribution in [3.63, 3.8) is 0 Å². The molecule has 0 radical (unpaired) electrons. The minimum Gasteiger partial charge on any atom is -0.508 e. The van der Waals surface area contributed by atoms with Crippen molar-refractivity contribution in [2.75, 3.05) is 11.1 Å². The zero-order valence-electron chi connectivity index (χ0n) is 9.22. The summed E-state index contributed by atoms with van der Waals surface area (Å²) in [4.78, 5) is 15.7. The second kappa shape index (κ2) is 4.93. The predicted molar refractivity (Wildman–Crippen MR) is 69.7 cm³/mol. The lowest BCUT2D eigenvalue weighted by atomic mass is 10.2. The van der Waals surface area contributed by atoms with Gasteiger partial charge in [-0.05, 0) is 24.3 Å². The second-order valence-corrected chi connectivity index (χ2v) is 4.02. The highest BCUT2D eigenvalue weighted by Crippen LogP contribution is 2.23. The number of amides is 1. The first kappa shape index (κ1) is 12.2.